The van der Waals surface area contributed by atoms with Gasteiger partial charge in [0.1, 0.15) is 17.3 Å². The normalized spacial score (nSPS) is 41.8. The van der Waals surface area contributed by atoms with E-state index in [-0.39, 0.29) is 51.3 Å². The maximum atomic E-state index is 12.1. The van der Waals surface area contributed by atoms with Gasteiger partial charge in [0.2, 0.25) is 0 Å². The van der Waals surface area contributed by atoms with Gasteiger partial charge in [-0.15, -0.1) is 23.5 Å². The van der Waals surface area contributed by atoms with Crippen LogP contribution >= 0.6 is 23.5 Å². The number of hydrogen-bond acceptors (Lipinski definition) is 8. The van der Waals surface area contributed by atoms with Crippen molar-refractivity contribution in [3.63, 3.8) is 0 Å². The van der Waals surface area contributed by atoms with Crippen molar-refractivity contribution >= 4 is 40.9 Å². The van der Waals surface area contributed by atoms with Crippen molar-refractivity contribution in [3.05, 3.63) is 72.8 Å². The van der Waals surface area contributed by atoms with Crippen LogP contribution < -0.4 is 0 Å². The smallest absolute Gasteiger partial charge is 0.138 e. The van der Waals surface area contributed by atoms with Gasteiger partial charge < -0.3 is 15.3 Å². The van der Waals surface area contributed by atoms with Crippen LogP contribution in [0, 0.1) is 39.9 Å². The van der Waals surface area contributed by atoms with Crippen molar-refractivity contribution in [1.29, 1.82) is 0 Å². The number of Topliss-reactive ketones (excluding diaryl/α,β-unsaturated/α-hetero) is 3. The quantitative estimate of drug-likeness (QED) is 0.255. The summed E-state index contributed by atoms with van der Waals surface area (Å²) >= 11 is 3.70. The summed E-state index contributed by atoms with van der Waals surface area (Å²) in [4.78, 5) is 38.6. The van der Waals surface area contributed by atoms with Crippen molar-refractivity contribution in [3.8, 4) is 0 Å². The molecule has 12 atom stereocenters. The van der Waals surface area contributed by atoms with Gasteiger partial charge in [-0.1, -0.05) is 90.1 Å². The first-order chi connectivity index (χ1) is 27.7. The van der Waals surface area contributed by atoms with E-state index in [4.69, 9.17) is 0 Å². The Morgan fingerprint density at radius 1 is 0.542 bits per heavy atom. The van der Waals surface area contributed by atoms with Gasteiger partial charge in [0.15, 0.2) is 0 Å². The fraction of sp³-hybridized carbons (Fsp3) is 0.667. The summed E-state index contributed by atoms with van der Waals surface area (Å²) in [5.74, 6) is 0.406. The van der Waals surface area contributed by atoms with Crippen LogP contribution in [0.2, 0.25) is 0 Å². The number of rotatable bonds is 5. The third kappa shape index (κ3) is 9.01. The van der Waals surface area contributed by atoms with Gasteiger partial charge in [0.25, 0.3) is 0 Å². The molecule has 3 N–H and O–H groups in total. The van der Waals surface area contributed by atoms with E-state index < -0.39 is 16.8 Å². The molecule has 6 aliphatic carbocycles. The Balaban J connectivity index is 0.000000150. The Bertz CT molecular complexity index is 1740. The molecule has 2 aromatic rings. The van der Waals surface area contributed by atoms with Crippen LogP contribution in [0.4, 0.5) is 0 Å². The molecule has 6 aliphatic rings. The molecule has 0 radical (unpaired) electrons. The molecule has 0 unspecified atom stereocenters. The van der Waals surface area contributed by atoms with E-state index in [9.17, 15) is 29.7 Å². The van der Waals surface area contributed by atoms with E-state index in [0.29, 0.717) is 42.1 Å². The highest BCUT2D eigenvalue weighted by molar-refractivity contribution is 8.00. The zero-order valence-electron chi connectivity index (χ0n) is 36.9. The number of ketones is 3. The van der Waals surface area contributed by atoms with Crippen LogP contribution in [0.25, 0.3) is 0 Å². The lowest BCUT2D eigenvalue weighted by Crippen LogP contribution is -2.60. The Hall–Kier alpha value is -2.23. The first-order valence-electron chi connectivity index (χ1n) is 22.5. The van der Waals surface area contributed by atoms with Crippen molar-refractivity contribution in [2.24, 2.45) is 39.9 Å². The molecule has 6 saturated carbocycles. The van der Waals surface area contributed by atoms with Crippen LogP contribution in [0.1, 0.15) is 145 Å². The van der Waals surface area contributed by atoms with E-state index >= 15 is 0 Å². The summed E-state index contributed by atoms with van der Waals surface area (Å²) in [6, 6.07) is 20.8. The van der Waals surface area contributed by atoms with Gasteiger partial charge in [0, 0.05) is 57.3 Å². The van der Waals surface area contributed by atoms with E-state index in [1.165, 1.54) is 9.79 Å². The number of allylic oxidation sites excluding steroid dienone is 1. The minimum atomic E-state index is -0.826. The molecule has 8 rings (SSSR count). The van der Waals surface area contributed by atoms with E-state index in [1.807, 2.05) is 63.4 Å². The number of hydrogen-bond donors (Lipinski definition) is 3. The second-order valence-electron chi connectivity index (χ2n) is 20.4. The van der Waals surface area contributed by atoms with Crippen molar-refractivity contribution < 1.29 is 29.7 Å². The van der Waals surface area contributed by atoms with E-state index in [0.717, 1.165) is 76.2 Å². The number of aliphatic hydroxyl groups is 3. The van der Waals surface area contributed by atoms with Crippen molar-refractivity contribution in [2.75, 3.05) is 0 Å². The topological polar surface area (TPSA) is 112 Å². The molecule has 0 spiro atoms. The third-order valence-electron chi connectivity index (χ3n) is 17.0. The number of fused-ring (bicyclic) bond motifs is 3. The molecule has 2 aromatic carbocycles. The summed E-state index contributed by atoms with van der Waals surface area (Å²) < 4.78 is 0. The largest absolute Gasteiger partial charge is 0.389 e. The number of carbonyl (C=O) groups is 3. The maximum absolute atomic E-state index is 12.1. The van der Waals surface area contributed by atoms with Gasteiger partial charge in [-0.2, -0.15) is 0 Å². The highest BCUT2D eigenvalue weighted by Crippen LogP contribution is 2.59. The zero-order chi connectivity index (χ0) is 43.0. The maximum Gasteiger partial charge on any atom is 0.138 e. The highest BCUT2D eigenvalue weighted by Gasteiger charge is 2.60. The molecule has 59 heavy (non-hydrogen) atoms. The lowest BCUT2D eigenvalue weighted by molar-refractivity contribution is -0.180. The standard InChI is InChI=1S/2C18H24O2S.C15H24O2/c2*1-13-16(19)9-11-17(2)10-8-15(12-18(13,17)20)21-14-6-4-3-5-7-14;1-10(2)12-5-7-14(4)8-6-13(16)11(3)15(14,17)9-12/h2*3-7,13,15,20H,8-12H2,1-2H3;11-12,17H,1,5-9H2,2-4H3/t13-,15+,17+,18+;13-,15-,17+,18+;11-,12+,14+,15+/m000/s1. The Kier molecular flexibility index (Phi) is 14.0. The highest BCUT2D eigenvalue weighted by atomic mass is 32.2. The van der Waals surface area contributed by atoms with Crippen molar-refractivity contribution in [1.82, 2.24) is 0 Å². The predicted octanol–water partition coefficient (Wildman–Crippen LogP) is 11.2. The summed E-state index contributed by atoms with van der Waals surface area (Å²) in [6.07, 6.45) is 13.0. The molecule has 0 aromatic heterocycles. The third-order valence-corrected chi connectivity index (χ3v) is 19.6. The molecule has 0 amide bonds. The Morgan fingerprint density at radius 2 is 0.864 bits per heavy atom. The minimum Gasteiger partial charge on any atom is -0.389 e. The fourth-order valence-electron chi connectivity index (χ4n) is 12.0. The number of benzene rings is 2. The summed E-state index contributed by atoms with van der Waals surface area (Å²) in [6.45, 7) is 18.3. The summed E-state index contributed by atoms with van der Waals surface area (Å²) in [5.41, 5.74) is -1.58. The molecule has 0 heterocycles. The average molecular weight is 845 g/mol. The van der Waals surface area contributed by atoms with Gasteiger partial charge in [0.05, 0.1) is 16.8 Å². The molecule has 6 nitrogen and oxygen atoms in total. The minimum absolute atomic E-state index is 0.0771. The van der Waals surface area contributed by atoms with Crippen LogP contribution in [0.15, 0.2) is 82.6 Å². The van der Waals surface area contributed by atoms with Gasteiger partial charge in [-0.3, -0.25) is 14.4 Å². The summed E-state index contributed by atoms with van der Waals surface area (Å²) in [7, 11) is 0. The molecule has 6 fully saturated rings. The molecule has 0 aliphatic heterocycles. The van der Waals surface area contributed by atoms with Crippen LogP contribution in [-0.4, -0.2) is 60.0 Å². The van der Waals surface area contributed by atoms with Gasteiger partial charge in [-0.05, 0) is 130 Å². The summed E-state index contributed by atoms with van der Waals surface area (Å²) in [5, 5.41) is 34.5. The molecule has 0 bridgehead atoms. The van der Waals surface area contributed by atoms with E-state index in [1.54, 1.807) is 0 Å². The number of thioether (sulfide) groups is 2. The van der Waals surface area contributed by atoms with Crippen LogP contribution in [0.3, 0.4) is 0 Å². The first-order valence-corrected chi connectivity index (χ1v) is 24.3. The van der Waals surface area contributed by atoms with Crippen molar-refractivity contribution in [2.45, 2.75) is 182 Å². The van der Waals surface area contributed by atoms with Crippen LogP contribution in [-0.2, 0) is 14.4 Å². The molecule has 324 valence electrons. The lowest BCUT2D eigenvalue weighted by atomic mass is 9.51. The van der Waals surface area contributed by atoms with Gasteiger partial charge in [-0.25, -0.2) is 0 Å². The van der Waals surface area contributed by atoms with Gasteiger partial charge >= 0.3 is 0 Å². The molecular weight excluding hydrogens is 773 g/mol. The zero-order valence-corrected chi connectivity index (χ0v) is 38.6. The van der Waals surface area contributed by atoms with Crippen LogP contribution in [0.5, 0.6) is 0 Å². The monoisotopic (exact) mass is 844 g/mol. The predicted molar refractivity (Wildman–Crippen MR) is 241 cm³/mol. The second-order valence-corrected chi connectivity index (χ2v) is 23.1. The second kappa shape index (κ2) is 17.9. The molecular formula is C51H72O6S2. The molecule has 8 heteroatoms. The fourth-order valence-corrected chi connectivity index (χ4v) is 14.5. The molecule has 0 saturated heterocycles. The lowest BCUT2D eigenvalue weighted by Gasteiger charge is -2.56. The average Bonchev–Trinajstić information content (AvgIpc) is 3.21. The Morgan fingerprint density at radius 3 is 1.20 bits per heavy atom. The van der Waals surface area contributed by atoms with E-state index in [2.05, 4.69) is 75.9 Å². The first kappa shape index (κ1) is 46.3. The SMILES string of the molecule is C=C(C)[C@@H]1CC[C@]2(C)CCC(=O)[C@H](C)[C@]2(O)C1.C[C@H]1C(=O)CC[C@@]2(C)CC[C@@H](Sc3ccccc3)C[C@@]12O.C[C@H]1C(=O)CC[C@@]2(C)CC[C@H](Sc3ccccc3)C[C@@]12O. The Labute approximate surface area is 363 Å². The number of carbonyl (C=O) groups excluding carboxylic acids is 3.